The van der Waals surface area contributed by atoms with Gasteiger partial charge in [-0.1, -0.05) is 36.4 Å². The van der Waals surface area contributed by atoms with E-state index in [1.165, 1.54) is 11.3 Å². The molecule has 0 saturated carbocycles. The summed E-state index contributed by atoms with van der Waals surface area (Å²) in [5.41, 5.74) is 5.85. The number of hydrogen-bond acceptors (Lipinski definition) is 8. The Bertz CT molecular complexity index is 1900. The van der Waals surface area contributed by atoms with E-state index in [0.29, 0.717) is 30.6 Å². The summed E-state index contributed by atoms with van der Waals surface area (Å²) in [6.07, 6.45) is 2.26. The first-order valence-corrected chi connectivity index (χ1v) is 18.5. The van der Waals surface area contributed by atoms with Crippen molar-refractivity contribution < 1.29 is 23.9 Å². The molecular weight excluding hydrogens is 663 g/mol. The maximum absolute atomic E-state index is 13.3. The van der Waals surface area contributed by atoms with Gasteiger partial charge < -0.3 is 29.9 Å². The van der Waals surface area contributed by atoms with Gasteiger partial charge in [-0.2, -0.15) is 0 Å². The molecule has 0 spiro atoms. The number of aromatic nitrogens is 1. The lowest BCUT2D eigenvalue weighted by atomic mass is 10.0. The predicted octanol–water partition coefficient (Wildman–Crippen LogP) is 7.18. The van der Waals surface area contributed by atoms with Crippen molar-refractivity contribution in [2.24, 2.45) is 0 Å². The number of aryl methyl sites for hydroxylation is 2. The summed E-state index contributed by atoms with van der Waals surface area (Å²) in [4.78, 5) is 48.6. The fourth-order valence-corrected chi connectivity index (χ4v) is 7.47. The van der Waals surface area contributed by atoms with Crippen LogP contribution in [-0.2, 0) is 22.4 Å². The number of nitrogens with zero attached hydrogens (tertiary/aromatic N) is 3. The van der Waals surface area contributed by atoms with Crippen LogP contribution in [0, 0.1) is 13.8 Å². The minimum Gasteiger partial charge on any atom is -0.494 e. The van der Waals surface area contributed by atoms with Crippen molar-refractivity contribution in [3.63, 3.8) is 0 Å². The molecule has 3 aromatic carbocycles. The van der Waals surface area contributed by atoms with Crippen LogP contribution in [0.2, 0.25) is 0 Å². The van der Waals surface area contributed by atoms with Crippen LogP contribution in [0.3, 0.4) is 0 Å². The minimum atomic E-state index is -0.529. The molecule has 10 nitrogen and oxygen atoms in total. The summed E-state index contributed by atoms with van der Waals surface area (Å²) in [5, 5.41) is 6.90. The predicted molar refractivity (Wildman–Crippen MR) is 202 cm³/mol. The molecule has 0 bridgehead atoms. The molecule has 268 valence electrons. The summed E-state index contributed by atoms with van der Waals surface area (Å²) in [5.74, 6) is 0.570. The third kappa shape index (κ3) is 8.95. The van der Waals surface area contributed by atoms with Crippen LogP contribution in [0.15, 0.2) is 66.7 Å². The first-order valence-electron chi connectivity index (χ1n) is 17.7. The molecular formula is C40H47N5O5S. The second kappa shape index (κ2) is 15.7. The molecule has 0 radical (unpaired) electrons. The Kier molecular flexibility index (Phi) is 11.1. The Morgan fingerprint density at radius 1 is 1.02 bits per heavy atom. The van der Waals surface area contributed by atoms with Gasteiger partial charge in [-0.25, -0.2) is 9.78 Å². The van der Waals surface area contributed by atoms with E-state index in [2.05, 4.69) is 16.7 Å². The summed E-state index contributed by atoms with van der Waals surface area (Å²) in [6, 6.07) is 21.4. The fourth-order valence-electron chi connectivity index (χ4n) is 6.62. The van der Waals surface area contributed by atoms with E-state index in [1.54, 1.807) is 0 Å². The van der Waals surface area contributed by atoms with Crippen LogP contribution < -0.4 is 20.3 Å². The van der Waals surface area contributed by atoms with Gasteiger partial charge in [0.05, 0.1) is 18.7 Å². The van der Waals surface area contributed by atoms with Gasteiger partial charge >= 0.3 is 6.09 Å². The van der Waals surface area contributed by atoms with Gasteiger partial charge in [-0.05, 0) is 101 Å². The van der Waals surface area contributed by atoms with Crippen molar-refractivity contribution in [3.8, 4) is 17.0 Å². The highest BCUT2D eigenvalue weighted by Crippen LogP contribution is 2.36. The van der Waals surface area contributed by atoms with E-state index >= 15 is 0 Å². The lowest BCUT2D eigenvalue weighted by molar-refractivity contribution is -0.115. The molecule has 3 amide bonds. The second-order valence-electron chi connectivity index (χ2n) is 14.2. The van der Waals surface area contributed by atoms with Crippen LogP contribution in [0.25, 0.3) is 11.3 Å². The standard InChI is InChI=1S/C40H47N5O5S/c1-26-10-6-7-14-33(26)37(47)45-19-17-29-24-30(15-16-34(29)45)36-27(2)51-38(43-36)42-35(46)23-28-11-8-13-32(22-28)49-21-9-12-31-25-41-18-20-44(31)39(48)50-40(3,4)5/h6-8,10-11,13-16,22,24,31,41H,9,12,17-21,23,25H2,1-5H3,(H,42,43,46). The minimum absolute atomic E-state index is 0.0205. The molecule has 1 saturated heterocycles. The Morgan fingerprint density at radius 2 is 1.84 bits per heavy atom. The highest BCUT2D eigenvalue weighted by atomic mass is 32.1. The van der Waals surface area contributed by atoms with Crippen LogP contribution in [-0.4, -0.2) is 72.2 Å². The van der Waals surface area contributed by atoms with Gasteiger partial charge in [-0.15, -0.1) is 11.3 Å². The van der Waals surface area contributed by atoms with E-state index in [9.17, 15) is 14.4 Å². The second-order valence-corrected chi connectivity index (χ2v) is 15.4. The number of fused-ring (bicyclic) bond motifs is 1. The van der Waals surface area contributed by atoms with Gasteiger partial charge in [0.1, 0.15) is 11.4 Å². The topological polar surface area (TPSA) is 113 Å². The van der Waals surface area contributed by atoms with Crippen molar-refractivity contribution in [2.45, 2.75) is 71.9 Å². The lowest BCUT2D eigenvalue weighted by Crippen LogP contribution is -2.54. The number of nitrogens with one attached hydrogen (secondary N) is 2. The van der Waals surface area contributed by atoms with Crippen molar-refractivity contribution in [1.29, 1.82) is 0 Å². The summed E-state index contributed by atoms with van der Waals surface area (Å²) in [7, 11) is 0. The van der Waals surface area contributed by atoms with Crippen molar-refractivity contribution >= 4 is 40.1 Å². The Hall–Kier alpha value is -4.74. The maximum Gasteiger partial charge on any atom is 0.410 e. The molecule has 2 N–H and O–H groups in total. The first kappa shape index (κ1) is 36.1. The molecule has 3 heterocycles. The number of anilines is 2. The average Bonchev–Trinajstić information content (AvgIpc) is 3.68. The summed E-state index contributed by atoms with van der Waals surface area (Å²) >= 11 is 1.45. The van der Waals surface area contributed by atoms with Gasteiger partial charge in [0.15, 0.2) is 5.13 Å². The van der Waals surface area contributed by atoms with Crippen molar-refractivity contribution in [2.75, 3.05) is 43.0 Å². The fraction of sp³-hybridized carbons (Fsp3) is 0.400. The number of thiazole rings is 1. The molecule has 1 fully saturated rings. The van der Waals surface area contributed by atoms with Gasteiger partial charge in [-0.3, -0.25) is 9.59 Å². The average molecular weight is 710 g/mol. The molecule has 4 aromatic rings. The third-order valence-electron chi connectivity index (χ3n) is 9.10. The first-order chi connectivity index (χ1) is 24.4. The van der Waals surface area contributed by atoms with E-state index in [0.717, 1.165) is 76.4 Å². The van der Waals surface area contributed by atoms with Crippen LogP contribution in [0.4, 0.5) is 15.6 Å². The normalized spacial score (nSPS) is 15.7. The van der Waals surface area contributed by atoms with Crippen molar-refractivity contribution in [1.82, 2.24) is 15.2 Å². The maximum atomic E-state index is 13.3. The molecule has 6 rings (SSSR count). The van der Waals surface area contributed by atoms with Gasteiger partial charge in [0, 0.05) is 53.9 Å². The number of ether oxygens (including phenoxy) is 2. The number of amides is 3. The zero-order valence-electron chi connectivity index (χ0n) is 30.1. The number of carbonyl (C=O) groups is 3. The molecule has 0 aliphatic carbocycles. The summed E-state index contributed by atoms with van der Waals surface area (Å²) < 4.78 is 11.7. The molecule has 2 aliphatic heterocycles. The number of piperazine rings is 1. The van der Waals surface area contributed by atoms with Crippen molar-refractivity contribution in [3.05, 3.63) is 93.9 Å². The number of rotatable bonds is 10. The quantitative estimate of drug-likeness (QED) is 0.168. The monoisotopic (exact) mass is 709 g/mol. The zero-order valence-corrected chi connectivity index (χ0v) is 30.9. The molecule has 1 atom stereocenters. The smallest absolute Gasteiger partial charge is 0.410 e. The van der Waals surface area contributed by atoms with E-state index in [1.807, 2.05) is 105 Å². The SMILES string of the molecule is Cc1ccccc1C(=O)N1CCc2cc(-c3nc(NC(=O)Cc4cccc(OCCCC5CNCCN5C(=O)OC(C)(C)C)c4)sc3C)ccc21. The number of carbonyl (C=O) groups excluding carboxylic acids is 3. The Morgan fingerprint density at radius 3 is 2.65 bits per heavy atom. The zero-order chi connectivity index (χ0) is 36.1. The van der Waals surface area contributed by atoms with Crippen LogP contribution in [0.1, 0.15) is 65.5 Å². The number of benzene rings is 3. The number of hydrogen-bond donors (Lipinski definition) is 2. The molecule has 2 aliphatic rings. The summed E-state index contributed by atoms with van der Waals surface area (Å²) in [6.45, 7) is 12.9. The van der Waals surface area contributed by atoms with E-state index in [-0.39, 0.29) is 30.4 Å². The van der Waals surface area contributed by atoms with Crippen LogP contribution in [0.5, 0.6) is 5.75 Å². The van der Waals surface area contributed by atoms with Gasteiger partial charge in [0.2, 0.25) is 5.91 Å². The van der Waals surface area contributed by atoms with E-state index < -0.39 is 5.60 Å². The Labute approximate surface area is 304 Å². The molecule has 11 heteroatoms. The molecule has 1 unspecified atom stereocenters. The van der Waals surface area contributed by atoms with Gasteiger partial charge in [0.25, 0.3) is 5.91 Å². The Balaban J connectivity index is 1.01. The highest BCUT2D eigenvalue weighted by molar-refractivity contribution is 7.16. The van der Waals surface area contributed by atoms with Crippen LogP contribution >= 0.6 is 11.3 Å². The highest BCUT2D eigenvalue weighted by Gasteiger charge is 2.30. The van der Waals surface area contributed by atoms with E-state index in [4.69, 9.17) is 14.5 Å². The largest absolute Gasteiger partial charge is 0.494 e. The molecule has 51 heavy (non-hydrogen) atoms. The molecule has 1 aromatic heterocycles. The lowest BCUT2D eigenvalue weighted by Gasteiger charge is -2.37. The third-order valence-corrected chi connectivity index (χ3v) is 9.99.